The molecule has 0 saturated carbocycles. The number of carbonyl (C=O) groups is 1. The van der Waals surface area contributed by atoms with E-state index >= 15 is 0 Å². The Hall–Kier alpha value is -1.53. The number of hydrogen-bond donors (Lipinski definition) is 1. The smallest absolute Gasteiger partial charge is 0.250 e. The molecule has 3 aromatic rings. The second-order valence-electron chi connectivity index (χ2n) is 5.96. The summed E-state index contributed by atoms with van der Waals surface area (Å²) in [6.07, 6.45) is 0. The second kappa shape index (κ2) is 5.74. The van der Waals surface area contributed by atoms with Crippen molar-refractivity contribution < 1.29 is 9.90 Å². The molecule has 0 bridgehead atoms. The molecular formula is C17H11Cl3N2O2S. The third kappa shape index (κ3) is 2.41. The zero-order chi connectivity index (χ0) is 17.9. The highest BCUT2D eigenvalue weighted by Gasteiger charge is 2.59. The highest BCUT2D eigenvalue weighted by Crippen LogP contribution is 2.51. The number of amides is 1. The van der Waals surface area contributed by atoms with Gasteiger partial charge < -0.3 is 5.11 Å². The van der Waals surface area contributed by atoms with Crippen LogP contribution in [0.4, 0.5) is 5.13 Å². The van der Waals surface area contributed by atoms with Crippen LogP contribution in [0.3, 0.4) is 0 Å². The quantitative estimate of drug-likeness (QED) is 0.465. The Kier molecular flexibility index (Phi) is 3.88. The molecule has 1 N–H and O–H groups in total. The van der Waals surface area contributed by atoms with Gasteiger partial charge in [0.05, 0.1) is 15.8 Å². The topological polar surface area (TPSA) is 53.4 Å². The molecule has 2 aromatic carbocycles. The van der Waals surface area contributed by atoms with E-state index in [0.29, 0.717) is 26.3 Å². The van der Waals surface area contributed by atoms with Crippen molar-refractivity contribution in [2.45, 2.75) is 17.8 Å². The number of halogens is 3. The van der Waals surface area contributed by atoms with Crippen molar-refractivity contribution in [3.8, 4) is 5.75 Å². The van der Waals surface area contributed by atoms with E-state index in [2.05, 4.69) is 4.98 Å². The van der Waals surface area contributed by atoms with Crippen LogP contribution in [0.2, 0.25) is 10.0 Å². The van der Waals surface area contributed by atoms with Crippen molar-refractivity contribution in [3.05, 3.63) is 52.0 Å². The molecule has 8 heteroatoms. The van der Waals surface area contributed by atoms with E-state index < -0.39 is 10.9 Å². The van der Waals surface area contributed by atoms with Gasteiger partial charge in [0, 0.05) is 10.0 Å². The van der Waals surface area contributed by atoms with Crippen LogP contribution in [0.1, 0.15) is 12.5 Å². The largest absolute Gasteiger partial charge is 0.508 e. The molecule has 2 heterocycles. The summed E-state index contributed by atoms with van der Waals surface area (Å²) >= 11 is 20.0. The molecule has 0 radical (unpaired) electrons. The molecule has 1 saturated heterocycles. The fourth-order valence-electron chi connectivity index (χ4n) is 3.08. The fourth-order valence-corrected chi connectivity index (χ4v) is 5.10. The third-order valence-electron chi connectivity index (χ3n) is 4.42. The van der Waals surface area contributed by atoms with E-state index in [1.54, 1.807) is 41.3 Å². The van der Waals surface area contributed by atoms with Gasteiger partial charge in [0.15, 0.2) is 5.13 Å². The third-order valence-corrected chi connectivity index (χ3v) is 6.59. The Morgan fingerprint density at radius 2 is 2.00 bits per heavy atom. The number of phenolic OH excluding ortho intramolecular Hbond substituents is 1. The number of benzene rings is 2. The van der Waals surface area contributed by atoms with E-state index in [9.17, 15) is 9.90 Å². The van der Waals surface area contributed by atoms with Crippen molar-refractivity contribution in [1.29, 1.82) is 0 Å². The summed E-state index contributed by atoms with van der Waals surface area (Å²) in [5.74, 6) is -0.0881. The Balaban J connectivity index is 1.85. The van der Waals surface area contributed by atoms with Gasteiger partial charge in [-0.05, 0) is 42.8 Å². The van der Waals surface area contributed by atoms with Crippen molar-refractivity contribution in [3.63, 3.8) is 0 Å². The first-order chi connectivity index (χ1) is 11.8. The fraction of sp³-hybridized carbons (Fsp3) is 0.176. The van der Waals surface area contributed by atoms with Crippen LogP contribution in [0.15, 0.2) is 36.4 Å². The number of hydrogen-bond acceptors (Lipinski definition) is 4. The normalized spacial score (nSPS) is 23.1. The summed E-state index contributed by atoms with van der Waals surface area (Å²) < 4.78 is 0.783. The first-order valence-electron chi connectivity index (χ1n) is 7.35. The average molecular weight is 414 g/mol. The van der Waals surface area contributed by atoms with E-state index in [4.69, 9.17) is 34.8 Å². The predicted octanol–water partition coefficient (Wildman–Crippen LogP) is 5.18. The number of carbonyl (C=O) groups excluding carboxylic acids is 1. The Labute approximate surface area is 162 Å². The maximum atomic E-state index is 12.5. The number of rotatable bonds is 2. The van der Waals surface area contributed by atoms with E-state index in [-0.39, 0.29) is 11.7 Å². The summed E-state index contributed by atoms with van der Waals surface area (Å²) in [6, 6.07) is 10.0. The lowest BCUT2D eigenvalue weighted by molar-refractivity contribution is -0.126. The maximum Gasteiger partial charge on any atom is 0.250 e. The maximum absolute atomic E-state index is 12.5. The predicted molar refractivity (Wildman–Crippen MR) is 102 cm³/mol. The van der Waals surface area contributed by atoms with Crippen molar-refractivity contribution in [1.82, 2.24) is 4.98 Å². The van der Waals surface area contributed by atoms with Crippen LogP contribution in [0, 0.1) is 0 Å². The summed E-state index contributed by atoms with van der Waals surface area (Å²) in [6.45, 7) is 1.85. The van der Waals surface area contributed by atoms with Crippen LogP contribution in [0.25, 0.3) is 10.2 Å². The molecule has 2 atom stereocenters. The summed E-state index contributed by atoms with van der Waals surface area (Å²) in [7, 11) is 0. The van der Waals surface area contributed by atoms with Gasteiger partial charge >= 0.3 is 0 Å². The number of nitrogens with zero attached hydrogens (tertiary/aromatic N) is 2. The lowest BCUT2D eigenvalue weighted by Crippen LogP contribution is -2.69. The molecule has 1 aromatic heterocycles. The van der Waals surface area contributed by atoms with Crippen LogP contribution < -0.4 is 4.90 Å². The van der Waals surface area contributed by atoms with E-state index in [1.807, 2.05) is 6.92 Å². The number of fused-ring (bicyclic) bond motifs is 1. The zero-order valence-electron chi connectivity index (χ0n) is 12.8. The number of phenols is 1. The molecule has 0 aliphatic carbocycles. The highest BCUT2D eigenvalue weighted by atomic mass is 35.5. The Morgan fingerprint density at radius 1 is 1.24 bits per heavy atom. The number of aromatic nitrogens is 1. The monoisotopic (exact) mass is 412 g/mol. The Morgan fingerprint density at radius 3 is 2.72 bits per heavy atom. The zero-order valence-corrected chi connectivity index (χ0v) is 15.9. The van der Waals surface area contributed by atoms with Crippen LogP contribution in [0.5, 0.6) is 5.75 Å². The summed E-state index contributed by atoms with van der Waals surface area (Å²) in [4.78, 5) is 18.6. The van der Waals surface area contributed by atoms with Crippen LogP contribution in [-0.2, 0) is 10.3 Å². The van der Waals surface area contributed by atoms with Crippen LogP contribution in [-0.4, -0.2) is 21.4 Å². The molecule has 2 unspecified atom stereocenters. The van der Waals surface area contributed by atoms with Gasteiger partial charge in [0.2, 0.25) is 5.91 Å². The molecule has 4 nitrogen and oxygen atoms in total. The molecule has 128 valence electrons. The van der Waals surface area contributed by atoms with Crippen molar-refractivity contribution in [2.24, 2.45) is 0 Å². The van der Waals surface area contributed by atoms with Gasteiger partial charge in [-0.15, -0.1) is 11.6 Å². The van der Waals surface area contributed by atoms with Crippen LogP contribution >= 0.6 is 46.1 Å². The molecule has 1 amide bonds. The van der Waals surface area contributed by atoms with Gasteiger partial charge in [-0.2, -0.15) is 0 Å². The van der Waals surface area contributed by atoms with E-state index in [0.717, 1.165) is 4.70 Å². The minimum atomic E-state index is -0.837. The minimum Gasteiger partial charge on any atom is -0.508 e. The van der Waals surface area contributed by atoms with Gasteiger partial charge in [-0.1, -0.05) is 40.6 Å². The number of anilines is 1. The second-order valence-corrected chi connectivity index (χ2v) is 8.25. The molecule has 4 rings (SSSR count). The molecule has 25 heavy (non-hydrogen) atoms. The molecule has 1 aliphatic heterocycles. The standard InChI is InChI=1S/C17H11Cl3N2O2S/c1-17(10-4-2-8(18)6-11(10)19)14(20)15(24)22(17)16-21-12-5-3-9(23)7-13(12)25-16/h2-7,14,23H,1H3. The first kappa shape index (κ1) is 16.9. The molecule has 1 aliphatic rings. The number of β-lactam (4-membered cyclic amide) rings is 1. The number of aromatic hydroxyl groups is 1. The van der Waals surface area contributed by atoms with Gasteiger partial charge in [-0.25, -0.2) is 4.98 Å². The van der Waals surface area contributed by atoms with Crippen molar-refractivity contribution in [2.75, 3.05) is 4.90 Å². The van der Waals surface area contributed by atoms with Crippen molar-refractivity contribution >= 4 is 67.4 Å². The highest BCUT2D eigenvalue weighted by molar-refractivity contribution is 7.22. The van der Waals surface area contributed by atoms with Gasteiger partial charge in [0.25, 0.3) is 0 Å². The lowest BCUT2D eigenvalue weighted by Gasteiger charge is -2.52. The summed E-state index contributed by atoms with van der Waals surface area (Å²) in [5.41, 5.74) is 0.574. The first-order valence-corrected chi connectivity index (χ1v) is 9.36. The number of alkyl halides is 1. The van der Waals surface area contributed by atoms with Gasteiger partial charge in [0.1, 0.15) is 11.1 Å². The Bertz CT molecular complexity index is 1020. The molecular weight excluding hydrogens is 403 g/mol. The van der Waals surface area contributed by atoms with Gasteiger partial charge in [-0.3, -0.25) is 9.69 Å². The molecule has 1 fully saturated rings. The minimum absolute atomic E-state index is 0.149. The lowest BCUT2D eigenvalue weighted by atomic mass is 9.79. The van der Waals surface area contributed by atoms with E-state index in [1.165, 1.54) is 11.3 Å². The summed E-state index contributed by atoms with van der Waals surface area (Å²) in [5, 5.41) is 10.3. The average Bonchev–Trinajstić information content (AvgIpc) is 2.96. The number of thiazole rings is 1. The molecule has 0 spiro atoms. The SMILES string of the molecule is CC1(c2ccc(Cl)cc2Cl)C(Cl)C(=O)N1c1nc2ccc(O)cc2s1.